The van der Waals surface area contributed by atoms with E-state index in [1.807, 2.05) is 36.4 Å². The van der Waals surface area contributed by atoms with Crippen LogP contribution in [-0.2, 0) is 6.54 Å². The van der Waals surface area contributed by atoms with Gasteiger partial charge in [-0.3, -0.25) is 4.79 Å². The maximum Gasteiger partial charge on any atom is 0.277 e. The van der Waals surface area contributed by atoms with E-state index in [1.165, 1.54) is 4.90 Å². The summed E-state index contributed by atoms with van der Waals surface area (Å²) in [4.78, 5) is 13.4. The molecule has 0 unspecified atom stereocenters. The monoisotopic (exact) mass is 279 g/mol. The van der Waals surface area contributed by atoms with Gasteiger partial charge in [0, 0.05) is 0 Å². The number of carbonyl (C=O) groups excluding carboxylic acids is 1. The summed E-state index contributed by atoms with van der Waals surface area (Å²) >= 11 is 0. The normalized spacial score (nSPS) is 9.62. The second-order valence-corrected chi connectivity index (χ2v) is 4.31. The van der Waals surface area contributed by atoms with Crippen LogP contribution in [0.25, 0.3) is 0 Å². The van der Waals surface area contributed by atoms with Crippen molar-refractivity contribution >= 4 is 5.91 Å². The predicted molar refractivity (Wildman–Crippen MR) is 75.9 cm³/mol. The molecule has 0 spiro atoms. The van der Waals surface area contributed by atoms with Gasteiger partial charge in [-0.25, -0.2) is 4.68 Å². The number of carbonyl (C=O) groups is 1. The SMILES string of the molecule is C#CCN(CC#N)C(=O)c1cn(Cc2ccccc2)nn1. The summed E-state index contributed by atoms with van der Waals surface area (Å²) in [5, 5.41) is 16.5. The quantitative estimate of drug-likeness (QED) is 0.602. The van der Waals surface area contributed by atoms with Gasteiger partial charge in [0.2, 0.25) is 0 Å². The van der Waals surface area contributed by atoms with Crippen molar-refractivity contribution in [3.05, 3.63) is 47.8 Å². The first-order valence-electron chi connectivity index (χ1n) is 6.28. The maximum absolute atomic E-state index is 12.2. The van der Waals surface area contributed by atoms with Gasteiger partial charge in [-0.05, 0) is 5.56 Å². The lowest BCUT2D eigenvalue weighted by molar-refractivity contribution is 0.0789. The van der Waals surface area contributed by atoms with E-state index in [9.17, 15) is 4.79 Å². The van der Waals surface area contributed by atoms with Gasteiger partial charge in [0.25, 0.3) is 5.91 Å². The molecule has 0 atom stereocenters. The van der Waals surface area contributed by atoms with Crippen LogP contribution in [0.2, 0.25) is 0 Å². The van der Waals surface area contributed by atoms with Crippen LogP contribution in [0.3, 0.4) is 0 Å². The van der Waals surface area contributed by atoms with E-state index in [-0.39, 0.29) is 18.8 Å². The van der Waals surface area contributed by atoms with Crippen molar-refractivity contribution in [2.45, 2.75) is 6.54 Å². The van der Waals surface area contributed by atoms with Gasteiger partial charge in [-0.2, -0.15) is 5.26 Å². The molecular weight excluding hydrogens is 266 g/mol. The molecule has 0 bridgehead atoms. The van der Waals surface area contributed by atoms with Crippen LogP contribution in [0, 0.1) is 23.7 Å². The Morgan fingerprint density at radius 1 is 1.33 bits per heavy atom. The smallest absolute Gasteiger partial charge is 0.277 e. The molecule has 0 radical (unpaired) electrons. The fourth-order valence-corrected chi connectivity index (χ4v) is 1.80. The summed E-state index contributed by atoms with van der Waals surface area (Å²) in [6.45, 7) is 0.515. The van der Waals surface area contributed by atoms with Gasteiger partial charge in [0.15, 0.2) is 5.69 Å². The minimum absolute atomic E-state index is 0.0674. The molecule has 2 aromatic rings. The molecule has 104 valence electrons. The molecule has 1 amide bonds. The van der Waals surface area contributed by atoms with Crippen LogP contribution in [0.1, 0.15) is 16.1 Å². The minimum Gasteiger partial charge on any atom is -0.313 e. The molecule has 0 aliphatic carbocycles. The van der Waals surface area contributed by atoms with Gasteiger partial charge in [-0.15, -0.1) is 11.5 Å². The highest BCUT2D eigenvalue weighted by atomic mass is 16.2. The fraction of sp³-hybridized carbons (Fsp3) is 0.200. The first kappa shape index (κ1) is 14.3. The fourth-order valence-electron chi connectivity index (χ4n) is 1.80. The average molecular weight is 279 g/mol. The molecule has 1 aromatic heterocycles. The van der Waals surface area contributed by atoms with Gasteiger partial charge in [0.1, 0.15) is 6.54 Å². The Balaban J connectivity index is 2.10. The number of rotatable bonds is 5. The van der Waals surface area contributed by atoms with E-state index < -0.39 is 5.91 Å². The molecule has 0 N–H and O–H groups in total. The van der Waals surface area contributed by atoms with E-state index >= 15 is 0 Å². The van der Waals surface area contributed by atoms with E-state index in [4.69, 9.17) is 11.7 Å². The van der Waals surface area contributed by atoms with Gasteiger partial charge < -0.3 is 4.90 Å². The molecular formula is C15H13N5O. The first-order valence-corrected chi connectivity index (χ1v) is 6.28. The Morgan fingerprint density at radius 3 is 2.76 bits per heavy atom. The van der Waals surface area contributed by atoms with Crippen LogP contribution < -0.4 is 0 Å². The van der Waals surface area contributed by atoms with Crippen molar-refractivity contribution < 1.29 is 4.79 Å². The molecule has 0 aliphatic heterocycles. The zero-order valence-electron chi connectivity index (χ0n) is 11.3. The Morgan fingerprint density at radius 2 is 2.10 bits per heavy atom. The zero-order chi connectivity index (χ0) is 15.1. The number of terminal acetylenes is 1. The van der Waals surface area contributed by atoms with Crippen molar-refractivity contribution in [2.75, 3.05) is 13.1 Å². The van der Waals surface area contributed by atoms with Crippen LogP contribution in [0.15, 0.2) is 36.5 Å². The molecule has 1 heterocycles. The van der Waals surface area contributed by atoms with Crippen molar-refractivity contribution in [3.8, 4) is 18.4 Å². The molecule has 0 aliphatic rings. The van der Waals surface area contributed by atoms with Gasteiger partial charge >= 0.3 is 0 Å². The standard InChI is InChI=1S/C15H13N5O/c1-2-9-19(10-8-16)15(21)14-12-20(18-17-14)11-13-6-4-3-5-7-13/h1,3-7,12H,9-11H2. The summed E-state index contributed by atoms with van der Waals surface area (Å²) in [7, 11) is 0. The highest BCUT2D eigenvalue weighted by Crippen LogP contribution is 2.04. The molecule has 6 heteroatoms. The second-order valence-electron chi connectivity index (χ2n) is 4.31. The predicted octanol–water partition coefficient (Wildman–Crippen LogP) is 0.925. The molecule has 2 rings (SSSR count). The lowest BCUT2D eigenvalue weighted by atomic mass is 10.2. The van der Waals surface area contributed by atoms with Gasteiger partial charge in [-0.1, -0.05) is 41.5 Å². The third-order valence-electron chi connectivity index (χ3n) is 2.78. The lowest BCUT2D eigenvalue weighted by Crippen LogP contribution is -2.32. The Kier molecular flexibility index (Phi) is 4.68. The zero-order valence-corrected chi connectivity index (χ0v) is 11.3. The van der Waals surface area contributed by atoms with Crippen molar-refractivity contribution in [1.29, 1.82) is 5.26 Å². The maximum atomic E-state index is 12.2. The van der Waals surface area contributed by atoms with Crippen LogP contribution in [0.5, 0.6) is 0 Å². The number of hydrogen-bond donors (Lipinski definition) is 0. The topological polar surface area (TPSA) is 74.8 Å². The molecule has 6 nitrogen and oxygen atoms in total. The molecule has 1 aromatic carbocycles. The summed E-state index contributed by atoms with van der Waals surface area (Å²) in [6, 6.07) is 11.6. The average Bonchev–Trinajstić information content (AvgIpc) is 2.96. The molecule has 21 heavy (non-hydrogen) atoms. The third-order valence-corrected chi connectivity index (χ3v) is 2.78. The number of amides is 1. The van der Waals surface area contributed by atoms with E-state index in [2.05, 4.69) is 16.2 Å². The minimum atomic E-state index is -0.395. The Hall–Kier alpha value is -3.12. The first-order chi connectivity index (χ1) is 10.2. The summed E-state index contributed by atoms with van der Waals surface area (Å²) in [5.74, 6) is 1.95. The highest BCUT2D eigenvalue weighted by molar-refractivity contribution is 5.92. The largest absolute Gasteiger partial charge is 0.313 e. The highest BCUT2D eigenvalue weighted by Gasteiger charge is 2.18. The van der Waals surface area contributed by atoms with E-state index in [1.54, 1.807) is 10.9 Å². The van der Waals surface area contributed by atoms with E-state index in [0.717, 1.165) is 5.56 Å². The summed E-state index contributed by atoms with van der Waals surface area (Å²) in [5.41, 5.74) is 1.23. The number of aromatic nitrogens is 3. The van der Waals surface area contributed by atoms with Crippen LogP contribution >= 0.6 is 0 Å². The number of hydrogen-bond acceptors (Lipinski definition) is 4. The third kappa shape index (κ3) is 3.68. The Labute approximate surface area is 122 Å². The van der Waals surface area contributed by atoms with Crippen LogP contribution in [-0.4, -0.2) is 38.9 Å². The second kappa shape index (κ2) is 6.88. The number of nitrogens with zero attached hydrogens (tertiary/aromatic N) is 5. The molecule has 0 saturated carbocycles. The van der Waals surface area contributed by atoms with Crippen molar-refractivity contribution in [1.82, 2.24) is 19.9 Å². The molecule has 0 fully saturated rings. The Bertz CT molecular complexity index is 677. The van der Waals surface area contributed by atoms with E-state index in [0.29, 0.717) is 6.54 Å². The summed E-state index contributed by atoms with van der Waals surface area (Å²) in [6.07, 6.45) is 6.74. The number of benzene rings is 1. The van der Waals surface area contributed by atoms with Crippen molar-refractivity contribution in [3.63, 3.8) is 0 Å². The molecule has 0 saturated heterocycles. The summed E-state index contributed by atoms with van der Waals surface area (Å²) < 4.78 is 1.57. The van der Waals surface area contributed by atoms with Gasteiger partial charge in [0.05, 0.1) is 25.4 Å². The van der Waals surface area contributed by atoms with Crippen LogP contribution in [0.4, 0.5) is 0 Å². The van der Waals surface area contributed by atoms with Crippen molar-refractivity contribution in [2.24, 2.45) is 0 Å². The lowest BCUT2D eigenvalue weighted by Gasteiger charge is -2.14. The number of nitriles is 1.